The van der Waals surface area contributed by atoms with E-state index in [0.29, 0.717) is 0 Å². The lowest BCUT2D eigenvalue weighted by molar-refractivity contribution is -0.0489. The second kappa shape index (κ2) is 9.38. The fourth-order valence-corrected chi connectivity index (χ4v) is 1.58. The Morgan fingerprint density at radius 1 is 1.04 bits per heavy atom. The van der Waals surface area contributed by atoms with Crippen LogP contribution < -0.4 is 4.74 Å². The van der Waals surface area contributed by atoms with Crippen LogP contribution in [0.2, 0.25) is 0 Å². The highest BCUT2D eigenvalue weighted by Crippen LogP contribution is 2.28. The number of phenolic OH excluding ortho intramolecular Hbond substituents is 2. The van der Waals surface area contributed by atoms with E-state index in [0.717, 1.165) is 0 Å². The molecule has 0 aliphatic heterocycles. The molecule has 11 nitrogen and oxygen atoms in total. The molecular formula is C12H15N3O8. The first-order valence-corrected chi connectivity index (χ1v) is 6.42. The van der Waals surface area contributed by atoms with Crippen molar-refractivity contribution in [3.8, 4) is 17.2 Å². The van der Waals surface area contributed by atoms with Crippen molar-refractivity contribution in [3.05, 3.63) is 32.9 Å². The minimum atomic E-state index is -1.71. The van der Waals surface area contributed by atoms with Gasteiger partial charge in [0.2, 0.25) is 6.23 Å². The van der Waals surface area contributed by atoms with Gasteiger partial charge in [-0.25, -0.2) is 0 Å². The smallest absolute Gasteiger partial charge is 0.218 e. The van der Waals surface area contributed by atoms with Crippen LogP contribution in [0.1, 0.15) is 0 Å². The molecule has 126 valence electrons. The molecule has 0 heterocycles. The van der Waals surface area contributed by atoms with Crippen LogP contribution in [0.25, 0.3) is 0 Å². The molecule has 0 aliphatic carbocycles. The van der Waals surface area contributed by atoms with Crippen LogP contribution in [0.4, 0.5) is 0 Å². The molecule has 0 saturated heterocycles. The van der Waals surface area contributed by atoms with Crippen LogP contribution in [0, 0.1) is 14.7 Å². The van der Waals surface area contributed by atoms with Crippen molar-refractivity contribution in [2.75, 3.05) is 19.8 Å². The molecular weight excluding hydrogens is 314 g/mol. The van der Waals surface area contributed by atoms with Crippen LogP contribution >= 0.6 is 0 Å². The van der Waals surface area contributed by atoms with Gasteiger partial charge in [0.25, 0.3) is 0 Å². The van der Waals surface area contributed by atoms with Crippen LogP contribution in [0.3, 0.4) is 0 Å². The summed E-state index contributed by atoms with van der Waals surface area (Å²) in [6.07, 6.45) is -3.32. The standard InChI is InChI=1S/C12H15N3O8/c16-9-2-1-7(5-10(9)17)22-3-4-23-12(15-21)11(18)8(14-20)6-13-19/h1-2,5,8,11-12,16-18H,3-4,6H2. The number of aromatic hydroxyl groups is 2. The highest BCUT2D eigenvalue weighted by atomic mass is 16.6. The van der Waals surface area contributed by atoms with Crippen molar-refractivity contribution in [2.45, 2.75) is 18.4 Å². The van der Waals surface area contributed by atoms with Crippen LogP contribution in [0.5, 0.6) is 17.2 Å². The molecule has 3 atom stereocenters. The van der Waals surface area contributed by atoms with Crippen LogP contribution in [-0.2, 0) is 4.74 Å². The van der Waals surface area contributed by atoms with E-state index in [-0.39, 0.29) is 30.5 Å². The maximum Gasteiger partial charge on any atom is 0.218 e. The van der Waals surface area contributed by atoms with E-state index in [1.54, 1.807) is 0 Å². The van der Waals surface area contributed by atoms with E-state index in [2.05, 4.69) is 15.5 Å². The molecule has 0 bridgehead atoms. The zero-order valence-electron chi connectivity index (χ0n) is 11.8. The first-order valence-electron chi connectivity index (χ1n) is 6.42. The van der Waals surface area contributed by atoms with Gasteiger partial charge in [0.1, 0.15) is 31.0 Å². The number of rotatable bonds is 11. The number of phenols is 2. The summed E-state index contributed by atoms with van der Waals surface area (Å²) in [5.74, 6) is -0.441. The number of ether oxygens (including phenoxy) is 2. The normalized spacial score (nSPS) is 14.5. The third kappa shape index (κ3) is 5.56. The summed E-state index contributed by atoms with van der Waals surface area (Å²) >= 11 is 0. The van der Waals surface area contributed by atoms with Crippen molar-refractivity contribution < 1.29 is 24.8 Å². The number of hydrogen-bond acceptors (Lipinski definition) is 11. The Balaban J connectivity index is 2.45. The average Bonchev–Trinajstić information content (AvgIpc) is 2.55. The molecule has 0 fully saturated rings. The average molecular weight is 329 g/mol. The highest BCUT2D eigenvalue weighted by Gasteiger charge is 2.31. The summed E-state index contributed by atoms with van der Waals surface area (Å²) in [5, 5.41) is 35.5. The third-order valence-corrected chi connectivity index (χ3v) is 2.77. The van der Waals surface area contributed by atoms with Gasteiger partial charge in [0.15, 0.2) is 11.5 Å². The number of nitrogens with zero attached hydrogens (tertiary/aromatic N) is 3. The maximum absolute atomic E-state index is 10.6. The van der Waals surface area contributed by atoms with Crippen molar-refractivity contribution >= 4 is 0 Å². The first-order chi connectivity index (χ1) is 11.0. The molecule has 0 radical (unpaired) electrons. The fourth-order valence-electron chi connectivity index (χ4n) is 1.58. The van der Waals surface area contributed by atoms with Gasteiger partial charge in [-0.05, 0) is 17.3 Å². The molecule has 0 aliphatic rings. The SMILES string of the molecule is O=NCC(N=O)C(O)C(N=O)OCCOc1ccc(O)c(O)c1. The van der Waals surface area contributed by atoms with Crippen molar-refractivity contribution in [2.24, 2.45) is 15.5 Å². The minimum absolute atomic E-state index is 0.0753. The summed E-state index contributed by atoms with van der Waals surface area (Å²) in [4.78, 5) is 31.2. The van der Waals surface area contributed by atoms with E-state index >= 15 is 0 Å². The highest BCUT2D eigenvalue weighted by molar-refractivity contribution is 5.43. The largest absolute Gasteiger partial charge is 0.504 e. The Bertz CT molecular complexity index is 541. The molecule has 0 amide bonds. The van der Waals surface area contributed by atoms with Gasteiger partial charge in [0.05, 0.1) is 6.61 Å². The monoisotopic (exact) mass is 329 g/mol. The summed E-state index contributed by atoms with van der Waals surface area (Å²) in [6, 6.07) is 2.34. The van der Waals surface area contributed by atoms with Gasteiger partial charge < -0.3 is 24.8 Å². The Kier molecular flexibility index (Phi) is 7.50. The second-order valence-corrected chi connectivity index (χ2v) is 4.34. The van der Waals surface area contributed by atoms with Gasteiger partial charge in [-0.15, -0.1) is 4.91 Å². The van der Waals surface area contributed by atoms with E-state index < -0.39 is 24.9 Å². The lowest BCUT2D eigenvalue weighted by Crippen LogP contribution is -2.39. The molecule has 0 saturated carbocycles. The molecule has 1 rings (SSSR count). The van der Waals surface area contributed by atoms with E-state index in [1.165, 1.54) is 18.2 Å². The van der Waals surface area contributed by atoms with Crippen molar-refractivity contribution in [1.82, 2.24) is 0 Å². The summed E-state index contributed by atoms with van der Waals surface area (Å²) < 4.78 is 10.1. The number of aliphatic hydroxyl groups excluding tert-OH is 1. The molecule has 11 heteroatoms. The van der Waals surface area contributed by atoms with Gasteiger partial charge in [0, 0.05) is 6.07 Å². The van der Waals surface area contributed by atoms with Crippen molar-refractivity contribution in [1.29, 1.82) is 0 Å². The fraction of sp³-hybridized carbons (Fsp3) is 0.500. The Hall–Kier alpha value is -2.66. The molecule has 3 N–H and O–H groups in total. The number of nitroso groups, excluding NO2 is 3. The molecule has 0 spiro atoms. The molecule has 1 aromatic rings. The van der Waals surface area contributed by atoms with Crippen LogP contribution in [0.15, 0.2) is 33.7 Å². The predicted molar refractivity (Wildman–Crippen MR) is 77.1 cm³/mol. The Labute approximate surface area is 129 Å². The quantitative estimate of drug-likeness (QED) is 0.305. The molecule has 1 aromatic carbocycles. The molecule has 3 unspecified atom stereocenters. The van der Waals surface area contributed by atoms with E-state index in [1.807, 2.05) is 0 Å². The zero-order chi connectivity index (χ0) is 17.2. The van der Waals surface area contributed by atoms with Gasteiger partial charge in [-0.1, -0.05) is 10.4 Å². The third-order valence-electron chi connectivity index (χ3n) is 2.77. The van der Waals surface area contributed by atoms with Gasteiger partial charge in [-0.3, -0.25) is 0 Å². The summed E-state index contributed by atoms with van der Waals surface area (Å²) in [5.41, 5.74) is 0. The van der Waals surface area contributed by atoms with Crippen LogP contribution in [-0.4, -0.2) is 53.5 Å². The lowest BCUT2D eigenvalue weighted by atomic mass is 10.1. The Morgan fingerprint density at radius 2 is 1.78 bits per heavy atom. The number of aliphatic hydroxyl groups is 1. The first kappa shape index (κ1) is 18.4. The van der Waals surface area contributed by atoms with E-state index in [4.69, 9.17) is 14.6 Å². The van der Waals surface area contributed by atoms with E-state index in [9.17, 15) is 24.9 Å². The van der Waals surface area contributed by atoms with Crippen molar-refractivity contribution in [3.63, 3.8) is 0 Å². The number of hydrogen-bond donors (Lipinski definition) is 3. The Morgan fingerprint density at radius 3 is 2.35 bits per heavy atom. The zero-order valence-corrected chi connectivity index (χ0v) is 11.8. The van der Waals surface area contributed by atoms with Gasteiger partial charge in [-0.2, -0.15) is 9.81 Å². The summed E-state index contributed by atoms with van der Waals surface area (Å²) in [6.45, 7) is -0.868. The molecule has 23 heavy (non-hydrogen) atoms. The maximum atomic E-state index is 10.6. The topological polar surface area (TPSA) is 167 Å². The lowest BCUT2D eigenvalue weighted by Gasteiger charge is -2.19. The second-order valence-electron chi connectivity index (χ2n) is 4.34. The minimum Gasteiger partial charge on any atom is -0.504 e. The van der Waals surface area contributed by atoms with Gasteiger partial charge >= 0.3 is 0 Å². The molecule has 0 aromatic heterocycles. The number of benzene rings is 1. The predicted octanol–water partition coefficient (Wildman–Crippen LogP) is 0.848. The summed E-state index contributed by atoms with van der Waals surface area (Å²) in [7, 11) is 0.